The van der Waals surface area contributed by atoms with E-state index in [4.69, 9.17) is 34.8 Å². The van der Waals surface area contributed by atoms with Crippen LogP contribution in [0.1, 0.15) is 31.2 Å². The van der Waals surface area contributed by atoms with Crippen LogP contribution in [0, 0.1) is 5.41 Å². The summed E-state index contributed by atoms with van der Waals surface area (Å²) in [6.45, 7) is 1.58. The predicted molar refractivity (Wildman–Crippen MR) is 81.2 cm³/mol. The maximum absolute atomic E-state index is 9.55. The monoisotopic (exact) mass is 321 g/mol. The van der Waals surface area contributed by atoms with Gasteiger partial charge in [-0.25, -0.2) is 0 Å². The SMILES string of the molecule is OCC1(CNCc2c(Cl)ccc(Cl)c2Cl)CCCC1. The van der Waals surface area contributed by atoms with Gasteiger partial charge in [-0.1, -0.05) is 47.6 Å². The first-order valence-corrected chi connectivity index (χ1v) is 7.65. The number of hydrogen-bond donors (Lipinski definition) is 2. The Bertz CT molecular complexity index is 445. The van der Waals surface area contributed by atoms with Gasteiger partial charge < -0.3 is 10.4 Å². The van der Waals surface area contributed by atoms with Gasteiger partial charge in [0, 0.05) is 35.7 Å². The fourth-order valence-electron chi connectivity index (χ4n) is 2.70. The molecule has 0 spiro atoms. The summed E-state index contributed by atoms with van der Waals surface area (Å²) in [4.78, 5) is 0. The topological polar surface area (TPSA) is 32.3 Å². The quantitative estimate of drug-likeness (QED) is 0.793. The fourth-order valence-corrected chi connectivity index (χ4v) is 3.38. The first-order valence-electron chi connectivity index (χ1n) is 6.52. The lowest BCUT2D eigenvalue weighted by Gasteiger charge is -2.27. The maximum atomic E-state index is 9.55. The minimum absolute atomic E-state index is 0.0253. The zero-order valence-corrected chi connectivity index (χ0v) is 13.0. The summed E-state index contributed by atoms with van der Waals surface area (Å²) >= 11 is 18.3. The Labute approximate surface area is 129 Å². The second-order valence-corrected chi connectivity index (χ2v) is 6.48. The number of aliphatic hydroxyl groups excluding tert-OH is 1. The summed E-state index contributed by atoms with van der Waals surface area (Å²) in [5.74, 6) is 0. The molecule has 0 heterocycles. The van der Waals surface area contributed by atoms with Crippen LogP contribution in [0.5, 0.6) is 0 Å². The average molecular weight is 323 g/mol. The Kier molecular flexibility index (Phi) is 5.38. The van der Waals surface area contributed by atoms with E-state index in [0.717, 1.165) is 24.9 Å². The van der Waals surface area contributed by atoms with E-state index < -0.39 is 0 Å². The van der Waals surface area contributed by atoms with Crippen LogP contribution in [0.15, 0.2) is 12.1 Å². The molecule has 1 aromatic carbocycles. The van der Waals surface area contributed by atoms with Gasteiger partial charge in [0.1, 0.15) is 0 Å². The Hall–Kier alpha value is 0.01000. The minimum atomic E-state index is 0.0253. The largest absolute Gasteiger partial charge is 0.396 e. The van der Waals surface area contributed by atoms with Crippen molar-refractivity contribution in [3.8, 4) is 0 Å². The van der Waals surface area contributed by atoms with Gasteiger partial charge in [-0.3, -0.25) is 0 Å². The molecule has 0 bridgehead atoms. The van der Waals surface area contributed by atoms with Gasteiger partial charge in [-0.15, -0.1) is 0 Å². The average Bonchev–Trinajstić information content (AvgIpc) is 2.88. The highest BCUT2D eigenvalue weighted by Crippen LogP contribution is 2.37. The molecule has 1 aliphatic carbocycles. The minimum Gasteiger partial charge on any atom is -0.396 e. The van der Waals surface area contributed by atoms with Gasteiger partial charge in [0.25, 0.3) is 0 Å². The van der Waals surface area contributed by atoms with Gasteiger partial charge in [-0.05, 0) is 25.0 Å². The van der Waals surface area contributed by atoms with Crippen LogP contribution in [-0.4, -0.2) is 18.3 Å². The van der Waals surface area contributed by atoms with Crippen LogP contribution < -0.4 is 5.32 Å². The standard InChI is InChI=1S/C14H18Cl3NO/c15-11-3-4-12(16)13(17)10(11)7-18-8-14(9-19)5-1-2-6-14/h3-4,18-19H,1-2,5-9H2. The third kappa shape index (κ3) is 3.56. The molecule has 19 heavy (non-hydrogen) atoms. The molecular formula is C14H18Cl3NO. The van der Waals surface area contributed by atoms with Gasteiger partial charge in [0.05, 0.1) is 10.0 Å². The molecule has 1 fully saturated rings. The summed E-state index contributed by atoms with van der Waals surface area (Å²) in [7, 11) is 0. The number of aliphatic hydroxyl groups is 1. The molecule has 1 aromatic rings. The van der Waals surface area contributed by atoms with E-state index in [9.17, 15) is 5.11 Å². The highest BCUT2D eigenvalue weighted by molar-refractivity contribution is 6.44. The molecule has 1 aliphatic rings. The molecule has 0 atom stereocenters. The Balaban J connectivity index is 1.98. The fraction of sp³-hybridized carbons (Fsp3) is 0.571. The normalized spacial score (nSPS) is 17.9. The smallest absolute Gasteiger partial charge is 0.0652 e. The second-order valence-electron chi connectivity index (χ2n) is 5.29. The molecule has 2 rings (SSSR count). The highest BCUT2D eigenvalue weighted by Gasteiger charge is 2.32. The lowest BCUT2D eigenvalue weighted by atomic mass is 9.87. The molecule has 2 nitrogen and oxygen atoms in total. The van der Waals surface area contributed by atoms with Crippen LogP contribution in [-0.2, 0) is 6.54 Å². The molecule has 5 heteroatoms. The van der Waals surface area contributed by atoms with E-state index in [1.807, 2.05) is 0 Å². The third-order valence-electron chi connectivity index (χ3n) is 3.94. The lowest BCUT2D eigenvalue weighted by Crippen LogP contribution is -2.34. The van der Waals surface area contributed by atoms with Crippen molar-refractivity contribution in [2.24, 2.45) is 5.41 Å². The van der Waals surface area contributed by atoms with E-state index in [0.29, 0.717) is 21.6 Å². The van der Waals surface area contributed by atoms with Crippen molar-refractivity contribution in [1.82, 2.24) is 5.32 Å². The second kappa shape index (κ2) is 6.64. The number of hydrogen-bond acceptors (Lipinski definition) is 2. The van der Waals surface area contributed by atoms with Crippen LogP contribution in [0.3, 0.4) is 0 Å². The molecule has 0 unspecified atom stereocenters. The van der Waals surface area contributed by atoms with Crippen LogP contribution in [0.25, 0.3) is 0 Å². The van der Waals surface area contributed by atoms with Crippen LogP contribution in [0.2, 0.25) is 15.1 Å². The number of rotatable bonds is 5. The van der Waals surface area contributed by atoms with Gasteiger partial charge in [0.15, 0.2) is 0 Å². The Morgan fingerprint density at radius 3 is 2.37 bits per heavy atom. The predicted octanol–water partition coefficient (Wildman–Crippen LogP) is 4.29. The van der Waals surface area contributed by atoms with Crippen molar-refractivity contribution in [2.75, 3.05) is 13.2 Å². The summed E-state index contributed by atoms with van der Waals surface area (Å²) < 4.78 is 0. The summed E-state index contributed by atoms with van der Waals surface area (Å²) in [6, 6.07) is 3.45. The van der Waals surface area contributed by atoms with E-state index in [-0.39, 0.29) is 12.0 Å². The van der Waals surface area contributed by atoms with Gasteiger partial charge in [0.2, 0.25) is 0 Å². The molecule has 0 aliphatic heterocycles. The van der Waals surface area contributed by atoms with Gasteiger partial charge >= 0.3 is 0 Å². The summed E-state index contributed by atoms with van der Waals surface area (Å²) in [5.41, 5.74) is 0.847. The van der Waals surface area contributed by atoms with Crippen molar-refractivity contribution in [2.45, 2.75) is 32.2 Å². The molecule has 0 aromatic heterocycles. The van der Waals surface area contributed by atoms with E-state index in [1.54, 1.807) is 12.1 Å². The van der Waals surface area contributed by atoms with Gasteiger partial charge in [-0.2, -0.15) is 0 Å². The first kappa shape index (κ1) is 15.4. The molecule has 0 amide bonds. The maximum Gasteiger partial charge on any atom is 0.0652 e. The van der Waals surface area contributed by atoms with Crippen LogP contribution >= 0.6 is 34.8 Å². The molecule has 0 radical (unpaired) electrons. The molecule has 1 saturated carbocycles. The molecular weight excluding hydrogens is 305 g/mol. The zero-order chi connectivity index (χ0) is 13.9. The Morgan fingerprint density at radius 2 is 1.74 bits per heavy atom. The van der Waals surface area contributed by atoms with E-state index in [1.165, 1.54) is 12.8 Å². The summed E-state index contributed by atoms with van der Waals surface area (Å²) in [5, 5.41) is 14.5. The van der Waals surface area contributed by atoms with E-state index >= 15 is 0 Å². The van der Waals surface area contributed by atoms with Crippen molar-refractivity contribution >= 4 is 34.8 Å². The lowest BCUT2D eigenvalue weighted by molar-refractivity contribution is 0.128. The summed E-state index contributed by atoms with van der Waals surface area (Å²) in [6.07, 6.45) is 4.54. The Morgan fingerprint density at radius 1 is 1.11 bits per heavy atom. The highest BCUT2D eigenvalue weighted by atomic mass is 35.5. The van der Waals surface area contributed by atoms with Crippen LogP contribution in [0.4, 0.5) is 0 Å². The first-order chi connectivity index (χ1) is 9.08. The van der Waals surface area contributed by atoms with E-state index in [2.05, 4.69) is 5.32 Å². The number of benzene rings is 1. The third-order valence-corrected chi connectivity index (χ3v) is 5.14. The molecule has 0 saturated heterocycles. The molecule has 2 N–H and O–H groups in total. The number of halogens is 3. The number of nitrogens with one attached hydrogen (secondary N) is 1. The zero-order valence-electron chi connectivity index (χ0n) is 10.7. The van der Waals surface area contributed by atoms with Crippen molar-refractivity contribution in [1.29, 1.82) is 0 Å². The van der Waals surface area contributed by atoms with Crippen molar-refractivity contribution in [3.05, 3.63) is 32.8 Å². The van der Waals surface area contributed by atoms with Crippen molar-refractivity contribution < 1.29 is 5.11 Å². The van der Waals surface area contributed by atoms with Crippen molar-refractivity contribution in [3.63, 3.8) is 0 Å². The molecule has 106 valence electrons.